The molecule has 5 atom stereocenters. The predicted octanol–water partition coefficient (Wildman–Crippen LogP) is 6.80. The van der Waals surface area contributed by atoms with Crippen LogP contribution in [0.3, 0.4) is 0 Å². The van der Waals surface area contributed by atoms with Crippen LogP contribution in [-0.2, 0) is 36.8 Å². The molecule has 0 spiro atoms. The van der Waals surface area contributed by atoms with Gasteiger partial charge >= 0.3 is 0 Å². The molecule has 4 bridgehead atoms. The zero-order chi connectivity index (χ0) is 47.9. The topological polar surface area (TPSA) is 214 Å². The minimum atomic E-state index is -1.18. The van der Waals surface area contributed by atoms with Gasteiger partial charge in [-0.2, -0.15) is 0 Å². The minimum absolute atomic E-state index is 0.0670. The van der Waals surface area contributed by atoms with Gasteiger partial charge in [0.2, 0.25) is 11.8 Å². The molecule has 0 aromatic heterocycles. The quantitative estimate of drug-likeness (QED) is 0.0542. The molecule has 1 heterocycles. The summed E-state index contributed by atoms with van der Waals surface area (Å²) in [5, 5.41) is 3.01. The lowest BCUT2D eigenvalue weighted by atomic mass is 9.86. The third-order valence-electron chi connectivity index (χ3n) is 13.2. The molecule has 1 saturated carbocycles. The number of unbranched alkanes of at least 4 members (excludes halogenated alkanes) is 4. The van der Waals surface area contributed by atoms with E-state index >= 15 is 4.79 Å². The Bertz CT molecular complexity index is 2190. The van der Waals surface area contributed by atoms with Crippen molar-refractivity contribution < 1.29 is 38.2 Å². The van der Waals surface area contributed by atoms with Gasteiger partial charge in [0.05, 0.1) is 6.04 Å². The number of ether oxygens (including phenoxy) is 2. The molecule has 358 valence electrons. The molecule has 1 aliphatic heterocycles. The van der Waals surface area contributed by atoms with Gasteiger partial charge in [0, 0.05) is 73.8 Å². The lowest BCUT2D eigenvalue weighted by Crippen LogP contribution is -2.47. The van der Waals surface area contributed by atoms with Crippen LogP contribution in [0.25, 0.3) is 11.1 Å². The SMILES string of the molecule is CCCCCCCc1ccc(C(=O)C[C@@H](CCN)C(=O)N(C)[C@@H]2C(=O)C[C@@H](C3CC3)C(=O)N[C@H](C(=O)C[C@@H](C)C(C)=O)Cc3ccc(OCCN)c(c3)-c3cc2ccc3OCCN)c(C)c1. The van der Waals surface area contributed by atoms with Crippen molar-refractivity contribution in [3.8, 4) is 22.6 Å². The second-order valence-electron chi connectivity index (χ2n) is 18.5. The first kappa shape index (κ1) is 51.7. The molecule has 1 fully saturated rings. The molecule has 13 nitrogen and oxygen atoms in total. The fourth-order valence-electron chi connectivity index (χ4n) is 9.10. The monoisotopic (exact) mass is 908 g/mol. The third kappa shape index (κ3) is 13.9. The van der Waals surface area contributed by atoms with Gasteiger partial charge in [0.1, 0.15) is 36.5 Å². The van der Waals surface area contributed by atoms with E-state index in [1.54, 1.807) is 38.2 Å². The van der Waals surface area contributed by atoms with Crippen molar-refractivity contribution in [2.24, 2.45) is 40.9 Å². The highest BCUT2D eigenvalue weighted by Crippen LogP contribution is 2.43. The zero-order valence-corrected chi connectivity index (χ0v) is 39.8. The van der Waals surface area contributed by atoms with Crippen molar-refractivity contribution in [1.29, 1.82) is 0 Å². The highest BCUT2D eigenvalue weighted by Gasteiger charge is 2.42. The summed E-state index contributed by atoms with van der Waals surface area (Å²) >= 11 is 0. The van der Waals surface area contributed by atoms with Crippen LogP contribution in [-0.4, -0.2) is 85.8 Å². The number of benzene rings is 3. The Labute approximate surface area is 391 Å². The highest BCUT2D eigenvalue weighted by molar-refractivity contribution is 6.01. The highest BCUT2D eigenvalue weighted by atomic mass is 16.5. The van der Waals surface area contributed by atoms with Crippen LogP contribution in [0.5, 0.6) is 11.5 Å². The summed E-state index contributed by atoms with van der Waals surface area (Å²) in [6.45, 7) is 8.22. The lowest BCUT2D eigenvalue weighted by molar-refractivity contribution is -0.142. The summed E-state index contributed by atoms with van der Waals surface area (Å²) in [4.78, 5) is 86.1. The Kier molecular flexibility index (Phi) is 19.6. The number of hydrogen-bond acceptors (Lipinski definition) is 11. The van der Waals surface area contributed by atoms with Crippen molar-refractivity contribution >= 4 is 34.9 Å². The molecule has 3 aromatic carbocycles. The van der Waals surface area contributed by atoms with E-state index in [2.05, 4.69) is 18.3 Å². The average molecular weight is 908 g/mol. The molecule has 5 rings (SSSR count). The number of nitrogens with one attached hydrogen (secondary N) is 1. The van der Waals surface area contributed by atoms with Gasteiger partial charge in [-0.05, 0) is 111 Å². The molecule has 0 radical (unpaired) electrons. The fraction of sp³-hybridized carbons (Fsp3) is 0.547. The Morgan fingerprint density at radius 3 is 2.11 bits per heavy atom. The van der Waals surface area contributed by atoms with Gasteiger partial charge in [-0.1, -0.05) is 69.9 Å². The first-order chi connectivity index (χ1) is 31.7. The first-order valence-corrected chi connectivity index (χ1v) is 24.1. The van der Waals surface area contributed by atoms with E-state index in [1.165, 1.54) is 36.6 Å². The van der Waals surface area contributed by atoms with E-state index < -0.39 is 41.7 Å². The number of nitrogens with two attached hydrogens (primary N) is 3. The summed E-state index contributed by atoms with van der Waals surface area (Å²) in [6, 6.07) is 14.5. The number of ketones is 4. The van der Waals surface area contributed by atoms with Crippen molar-refractivity contribution in [3.63, 3.8) is 0 Å². The number of carbonyl (C=O) groups is 6. The summed E-state index contributed by atoms with van der Waals surface area (Å²) in [6.07, 6.45) is 8.22. The van der Waals surface area contributed by atoms with Crippen LogP contribution in [0, 0.1) is 30.6 Å². The molecule has 3 aromatic rings. The van der Waals surface area contributed by atoms with Gasteiger partial charge in [-0.25, -0.2) is 0 Å². The van der Waals surface area contributed by atoms with E-state index in [4.69, 9.17) is 26.7 Å². The maximum Gasteiger partial charge on any atom is 0.226 e. The molecule has 13 heteroatoms. The number of carbonyl (C=O) groups excluding carboxylic acids is 6. The Balaban J connectivity index is 1.58. The molecular weight excluding hydrogens is 835 g/mol. The second-order valence-corrected chi connectivity index (χ2v) is 18.5. The smallest absolute Gasteiger partial charge is 0.226 e. The van der Waals surface area contributed by atoms with Crippen LogP contribution in [0.15, 0.2) is 54.6 Å². The largest absolute Gasteiger partial charge is 0.492 e. The molecule has 2 amide bonds. The summed E-state index contributed by atoms with van der Waals surface area (Å²) < 4.78 is 12.4. The van der Waals surface area contributed by atoms with Crippen LogP contribution >= 0.6 is 0 Å². The molecule has 7 N–H and O–H groups in total. The van der Waals surface area contributed by atoms with Crippen molar-refractivity contribution in [2.75, 3.05) is 39.9 Å². The number of nitrogens with zero attached hydrogens (tertiary/aromatic N) is 1. The van der Waals surface area contributed by atoms with E-state index in [0.29, 0.717) is 39.3 Å². The number of fused-ring (bicyclic) bond motifs is 5. The lowest BCUT2D eigenvalue weighted by Gasteiger charge is -2.32. The van der Waals surface area contributed by atoms with Gasteiger partial charge in [-0.15, -0.1) is 0 Å². The van der Waals surface area contributed by atoms with Crippen LogP contribution < -0.4 is 32.0 Å². The van der Waals surface area contributed by atoms with Crippen molar-refractivity contribution in [3.05, 3.63) is 82.4 Å². The van der Waals surface area contributed by atoms with Crippen molar-refractivity contribution in [2.45, 2.75) is 123 Å². The molecule has 2 aliphatic rings. The minimum Gasteiger partial charge on any atom is -0.492 e. The number of rotatable bonds is 24. The van der Waals surface area contributed by atoms with Gasteiger partial charge < -0.3 is 36.9 Å². The maximum atomic E-state index is 15.1. The van der Waals surface area contributed by atoms with Gasteiger partial charge in [-0.3, -0.25) is 28.8 Å². The van der Waals surface area contributed by atoms with Gasteiger partial charge in [0.25, 0.3) is 0 Å². The number of amides is 2. The molecule has 0 unspecified atom stereocenters. The number of hydrogen-bond donors (Lipinski definition) is 4. The summed E-state index contributed by atoms with van der Waals surface area (Å²) in [5.74, 6) is -3.20. The van der Waals surface area contributed by atoms with Crippen molar-refractivity contribution in [1.82, 2.24) is 10.2 Å². The predicted molar refractivity (Wildman–Crippen MR) is 257 cm³/mol. The molecule has 0 saturated heterocycles. The number of Topliss-reactive ketones (excluding diaryl/α,β-unsaturated/α-hetero) is 4. The molecule has 1 aliphatic carbocycles. The Hall–Kier alpha value is -5.24. The number of aryl methyl sites for hydroxylation is 2. The van der Waals surface area contributed by atoms with Crippen LogP contribution in [0.1, 0.15) is 130 Å². The van der Waals surface area contributed by atoms with E-state index in [9.17, 15) is 24.0 Å². The summed E-state index contributed by atoms with van der Waals surface area (Å²) in [7, 11) is 1.56. The van der Waals surface area contributed by atoms with E-state index in [1.807, 2.05) is 31.2 Å². The molecular formula is C53H73N5O8. The summed E-state index contributed by atoms with van der Waals surface area (Å²) in [5.41, 5.74) is 22.8. The van der Waals surface area contributed by atoms with E-state index in [-0.39, 0.29) is 94.0 Å². The van der Waals surface area contributed by atoms with Crippen LogP contribution in [0.2, 0.25) is 0 Å². The fourth-order valence-corrected chi connectivity index (χ4v) is 9.10. The Morgan fingerprint density at radius 1 is 0.818 bits per heavy atom. The van der Waals surface area contributed by atoms with Gasteiger partial charge in [0.15, 0.2) is 17.3 Å². The first-order valence-electron chi connectivity index (χ1n) is 24.1. The average Bonchev–Trinajstić information content (AvgIpc) is 4.14. The standard InChI is InChI=1S/C53H73N5O8/c1-6-7-8-9-10-11-36-12-17-41(34(3)26-36)46(60)31-40(20-21-54)53(64)58(5)51-39-16-19-50(66-25-23-56)44(30-39)43-28-37(13-18-49(43)65-24-22-55)29-45(47(61)27-33(2)35(4)59)57-52(63)42(32-48(51)62)38-14-15-38/h12-13,16-19,26,28,30,33,38,40,42,45,51H,6-11,14-15,20-25,27,29,31-32,54-56H2,1-5H3,(H,57,63)/t33-,40-,42+,45+,51+/m1/s1. The second kappa shape index (κ2) is 25.0. The number of likely N-dealkylation sites (N-methyl/N-ethyl adjacent to an activating group) is 1. The maximum absolute atomic E-state index is 15.1. The third-order valence-corrected chi connectivity index (χ3v) is 13.2. The zero-order valence-electron chi connectivity index (χ0n) is 39.8. The Morgan fingerprint density at radius 2 is 1.48 bits per heavy atom. The van der Waals surface area contributed by atoms with E-state index in [0.717, 1.165) is 37.7 Å². The molecule has 66 heavy (non-hydrogen) atoms. The normalized spacial score (nSPS) is 18.4. The van der Waals surface area contributed by atoms with Crippen LogP contribution in [0.4, 0.5) is 0 Å².